The molecule has 1 N–H and O–H groups in total. The molecule has 0 fully saturated rings. The molecule has 1 heterocycles. The van der Waals surface area contributed by atoms with Crippen molar-refractivity contribution in [3.8, 4) is 0 Å². The molecule has 2 nitrogen and oxygen atoms in total. The lowest BCUT2D eigenvalue weighted by atomic mass is 10.1. The molecule has 1 aromatic heterocycles. The largest absolute Gasteiger partial charge is 0.466 e. The molecule has 19 heavy (non-hydrogen) atoms. The molecule has 0 saturated carbocycles. The Labute approximate surface area is 111 Å². The van der Waals surface area contributed by atoms with Gasteiger partial charge in [0.05, 0.1) is 0 Å². The second kappa shape index (κ2) is 5.53. The number of halogens is 2. The summed E-state index contributed by atoms with van der Waals surface area (Å²) in [5.74, 6) is 0.0832. The van der Waals surface area contributed by atoms with Gasteiger partial charge >= 0.3 is 0 Å². The zero-order chi connectivity index (χ0) is 14.0. The standard InChI is InChI=1S/C15H17F2NO/c1-9-7-13(11(3)19-9)10(2)18-8-12-5-4-6-14(16)15(12)17/h4-7,10,18H,8H2,1-3H3. The van der Waals surface area contributed by atoms with Crippen molar-refractivity contribution < 1.29 is 13.2 Å². The fourth-order valence-corrected chi connectivity index (χ4v) is 2.14. The molecule has 102 valence electrons. The van der Waals surface area contributed by atoms with Gasteiger partial charge in [-0.25, -0.2) is 8.78 Å². The van der Waals surface area contributed by atoms with Gasteiger partial charge in [-0.15, -0.1) is 0 Å². The summed E-state index contributed by atoms with van der Waals surface area (Å²) in [5.41, 5.74) is 1.36. The summed E-state index contributed by atoms with van der Waals surface area (Å²) < 4.78 is 32.0. The van der Waals surface area contributed by atoms with Crippen LogP contribution in [0.3, 0.4) is 0 Å². The van der Waals surface area contributed by atoms with Crippen molar-refractivity contribution in [1.29, 1.82) is 0 Å². The highest BCUT2D eigenvalue weighted by Crippen LogP contribution is 2.22. The maximum absolute atomic E-state index is 13.5. The molecule has 0 aliphatic heterocycles. The van der Waals surface area contributed by atoms with Crippen LogP contribution in [0.25, 0.3) is 0 Å². The van der Waals surface area contributed by atoms with E-state index in [-0.39, 0.29) is 12.6 Å². The molecule has 0 saturated heterocycles. The Morgan fingerprint density at radius 3 is 2.63 bits per heavy atom. The first-order chi connectivity index (χ1) is 8.99. The fourth-order valence-electron chi connectivity index (χ4n) is 2.14. The maximum atomic E-state index is 13.5. The van der Waals surface area contributed by atoms with Crippen molar-refractivity contribution in [3.05, 3.63) is 58.5 Å². The van der Waals surface area contributed by atoms with Gasteiger partial charge in [0.1, 0.15) is 11.5 Å². The lowest BCUT2D eigenvalue weighted by Gasteiger charge is -2.13. The van der Waals surface area contributed by atoms with E-state index in [0.29, 0.717) is 5.56 Å². The normalized spacial score (nSPS) is 12.7. The van der Waals surface area contributed by atoms with E-state index in [9.17, 15) is 8.78 Å². The molecule has 1 aromatic carbocycles. The zero-order valence-electron chi connectivity index (χ0n) is 11.3. The van der Waals surface area contributed by atoms with Gasteiger partial charge in [0.2, 0.25) is 0 Å². The Bertz CT molecular complexity index is 578. The monoisotopic (exact) mass is 265 g/mol. The van der Waals surface area contributed by atoms with Gasteiger partial charge in [0.25, 0.3) is 0 Å². The average Bonchev–Trinajstić information content (AvgIpc) is 2.70. The Kier molecular flexibility index (Phi) is 4.00. The number of furan rings is 1. The first kappa shape index (κ1) is 13.7. The van der Waals surface area contributed by atoms with Crippen LogP contribution in [0.5, 0.6) is 0 Å². The second-order valence-electron chi connectivity index (χ2n) is 4.68. The molecule has 2 aromatic rings. The summed E-state index contributed by atoms with van der Waals surface area (Å²) >= 11 is 0. The van der Waals surface area contributed by atoms with Crippen molar-refractivity contribution in [2.45, 2.75) is 33.4 Å². The number of rotatable bonds is 4. The Balaban J connectivity index is 2.06. The van der Waals surface area contributed by atoms with Crippen LogP contribution in [0.4, 0.5) is 8.78 Å². The Morgan fingerprint density at radius 2 is 2.00 bits per heavy atom. The molecule has 0 amide bonds. The summed E-state index contributed by atoms with van der Waals surface area (Å²) in [7, 11) is 0. The quantitative estimate of drug-likeness (QED) is 0.903. The van der Waals surface area contributed by atoms with Crippen LogP contribution in [0.15, 0.2) is 28.7 Å². The molecule has 4 heteroatoms. The zero-order valence-corrected chi connectivity index (χ0v) is 11.3. The van der Waals surface area contributed by atoms with Crippen LogP contribution in [0, 0.1) is 25.5 Å². The van der Waals surface area contributed by atoms with Gasteiger partial charge in [-0.1, -0.05) is 12.1 Å². The van der Waals surface area contributed by atoms with E-state index in [4.69, 9.17) is 4.42 Å². The third-order valence-electron chi connectivity index (χ3n) is 3.18. The molecule has 1 atom stereocenters. The van der Waals surface area contributed by atoms with Gasteiger partial charge < -0.3 is 9.73 Å². The first-order valence-corrected chi connectivity index (χ1v) is 6.22. The van der Waals surface area contributed by atoms with Crippen LogP contribution in [-0.4, -0.2) is 0 Å². The summed E-state index contributed by atoms with van der Waals surface area (Å²) in [5, 5.41) is 3.17. The van der Waals surface area contributed by atoms with E-state index in [2.05, 4.69) is 5.32 Å². The fraction of sp³-hybridized carbons (Fsp3) is 0.333. The lowest BCUT2D eigenvalue weighted by Crippen LogP contribution is -2.19. The third-order valence-corrected chi connectivity index (χ3v) is 3.18. The van der Waals surface area contributed by atoms with E-state index >= 15 is 0 Å². The van der Waals surface area contributed by atoms with Crippen LogP contribution < -0.4 is 5.32 Å². The molecule has 0 bridgehead atoms. The number of hydrogen-bond acceptors (Lipinski definition) is 2. The predicted molar refractivity (Wildman–Crippen MR) is 69.8 cm³/mol. The molecular weight excluding hydrogens is 248 g/mol. The summed E-state index contributed by atoms with van der Waals surface area (Å²) in [6, 6.07) is 6.17. The maximum Gasteiger partial charge on any atom is 0.163 e. The van der Waals surface area contributed by atoms with Crippen molar-refractivity contribution >= 4 is 0 Å². The van der Waals surface area contributed by atoms with E-state index < -0.39 is 11.6 Å². The minimum atomic E-state index is -0.817. The third kappa shape index (κ3) is 3.01. The highest BCUT2D eigenvalue weighted by molar-refractivity contribution is 5.24. The van der Waals surface area contributed by atoms with Gasteiger partial charge in [0.15, 0.2) is 11.6 Å². The van der Waals surface area contributed by atoms with Crippen molar-refractivity contribution in [2.24, 2.45) is 0 Å². The molecule has 2 rings (SSSR count). The van der Waals surface area contributed by atoms with Crippen LogP contribution in [-0.2, 0) is 6.54 Å². The molecule has 0 radical (unpaired) electrons. The smallest absolute Gasteiger partial charge is 0.163 e. The van der Waals surface area contributed by atoms with E-state index in [1.54, 1.807) is 6.07 Å². The number of benzene rings is 1. The second-order valence-corrected chi connectivity index (χ2v) is 4.68. The Hall–Kier alpha value is -1.68. The summed E-state index contributed by atoms with van der Waals surface area (Å²) in [4.78, 5) is 0. The van der Waals surface area contributed by atoms with Crippen LogP contribution >= 0.6 is 0 Å². The average molecular weight is 265 g/mol. The molecule has 0 spiro atoms. The molecule has 0 aliphatic rings. The van der Waals surface area contributed by atoms with E-state index in [1.165, 1.54) is 6.07 Å². The molecule has 1 unspecified atom stereocenters. The minimum absolute atomic E-state index is 0.0140. The molecule has 0 aliphatic carbocycles. The van der Waals surface area contributed by atoms with E-state index in [0.717, 1.165) is 23.2 Å². The van der Waals surface area contributed by atoms with Gasteiger partial charge in [-0.3, -0.25) is 0 Å². The van der Waals surface area contributed by atoms with E-state index in [1.807, 2.05) is 26.8 Å². The van der Waals surface area contributed by atoms with Gasteiger partial charge in [0, 0.05) is 23.7 Å². The van der Waals surface area contributed by atoms with Gasteiger partial charge in [-0.2, -0.15) is 0 Å². The number of aryl methyl sites for hydroxylation is 2. The van der Waals surface area contributed by atoms with Crippen molar-refractivity contribution in [1.82, 2.24) is 5.32 Å². The number of hydrogen-bond donors (Lipinski definition) is 1. The van der Waals surface area contributed by atoms with Crippen LogP contribution in [0.1, 0.15) is 35.6 Å². The lowest BCUT2D eigenvalue weighted by molar-refractivity contribution is 0.476. The number of nitrogens with one attached hydrogen (secondary N) is 1. The first-order valence-electron chi connectivity index (χ1n) is 6.22. The highest BCUT2D eigenvalue weighted by Gasteiger charge is 2.13. The topological polar surface area (TPSA) is 25.2 Å². The van der Waals surface area contributed by atoms with Crippen molar-refractivity contribution in [2.75, 3.05) is 0 Å². The predicted octanol–water partition coefficient (Wildman–Crippen LogP) is 4.03. The van der Waals surface area contributed by atoms with Crippen LogP contribution in [0.2, 0.25) is 0 Å². The summed E-state index contributed by atoms with van der Waals surface area (Å²) in [6.07, 6.45) is 0. The Morgan fingerprint density at radius 1 is 1.26 bits per heavy atom. The molecular formula is C15H17F2NO. The SMILES string of the molecule is Cc1cc(C(C)NCc2cccc(F)c2F)c(C)o1. The minimum Gasteiger partial charge on any atom is -0.466 e. The van der Waals surface area contributed by atoms with Gasteiger partial charge in [-0.05, 0) is 32.9 Å². The summed E-state index contributed by atoms with van der Waals surface area (Å²) in [6.45, 7) is 6.02. The highest BCUT2D eigenvalue weighted by atomic mass is 19.2. The van der Waals surface area contributed by atoms with Crippen molar-refractivity contribution in [3.63, 3.8) is 0 Å².